The Bertz CT molecular complexity index is 505. The van der Waals surface area contributed by atoms with Crippen LogP contribution in [0, 0.1) is 12.8 Å². The van der Waals surface area contributed by atoms with Crippen LogP contribution in [-0.2, 0) is 11.3 Å². The Kier molecular flexibility index (Phi) is 5.62. The number of aromatic nitrogens is 2. The summed E-state index contributed by atoms with van der Waals surface area (Å²) in [5.74, 6) is 0.578. The van der Waals surface area contributed by atoms with Crippen molar-refractivity contribution in [3.8, 4) is 0 Å². The molecule has 0 atom stereocenters. The van der Waals surface area contributed by atoms with Crippen LogP contribution in [0.2, 0.25) is 5.15 Å². The molecular weight excluding hydrogens is 256 g/mol. The normalized spacial score (nSPS) is 11.2. The summed E-state index contributed by atoms with van der Waals surface area (Å²) >= 11 is 5.71. The first-order valence-corrected chi connectivity index (χ1v) is 6.38. The van der Waals surface area contributed by atoms with Gasteiger partial charge >= 0.3 is 5.69 Å². The molecule has 1 heterocycles. The number of nitrogens with zero attached hydrogens (tertiary/aromatic N) is 1. The summed E-state index contributed by atoms with van der Waals surface area (Å²) in [5, 5.41) is 0.0991. The molecule has 1 aromatic heterocycles. The zero-order valence-electron chi connectivity index (χ0n) is 11.0. The van der Waals surface area contributed by atoms with Gasteiger partial charge in [-0.25, -0.2) is 4.79 Å². The Balaban J connectivity index is 2.61. The molecule has 0 aliphatic heterocycles. The Morgan fingerprint density at radius 2 is 2.00 bits per heavy atom. The lowest BCUT2D eigenvalue weighted by molar-refractivity contribution is 0.114. The van der Waals surface area contributed by atoms with Crippen LogP contribution in [0.25, 0.3) is 0 Å². The van der Waals surface area contributed by atoms with Gasteiger partial charge in [0.25, 0.3) is 5.56 Å². The van der Waals surface area contributed by atoms with E-state index < -0.39 is 5.69 Å². The van der Waals surface area contributed by atoms with E-state index in [0.29, 0.717) is 24.7 Å². The number of halogens is 1. The van der Waals surface area contributed by atoms with Crippen molar-refractivity contribution in [2.24, 2.45) is 5.92 Å². The Labute approximate surface area is 111 Å². The number of hydrogen-bond acceptors (Lipinski definition) is 3. The van der Waals surface area contributed by atoms with E-state index in [1.807, 2.05) is 0 Å². The molecule has 18 heavy (non-hydrogen) atoms. The van der Waals surface area contributed by atoms with Crippen molar-refractivity contribution >= 4 is 11.6 Å². The summed E-state index contributed by atoms with van der Waals surface area (Å²) < 4.78 is 6.49. The predicted molar refractivity (Wildman–Crippen MR) is 71.3 cm³/mol. The van der Waals surface area contributed by atoms with E-state index in [4.69, 9.17) is 16.3 Å². The van der Waals surface area contributed by atoms with Crippen LogP contribution in [0.4, 0.5) is 0 Å². The molecule has 0 amide bonds. The minimum Gasteiger partial charge on any atom is -0.380 e. The van der Waals surface area contributed by atoms with Gasteiger partial charge in [-0.2, -0.15) is 0 Å². The van der Waals surface area contributed by atoms with Crippen molar-refractivity contribution in [3.63, 3.8) is 0 Å². The van der Waals surface area contributed by atoms with Gasteiger partial charge in [-0.15, -0.1) is 0 Å². The van der Waals surface area contributed by atoms with Gasteiger partial charge in [0.2, 0.25) is 0 Å². The number of H-pyrrole nitrogens is 1. The minimum absolute atomic E-state index is 0.0991. The third-order valence-corrected chi connectivity index (χ3v) is 3.03. The van der Waals surface area contributed by atoms with Crippen molar-refractivity contribution in [1.29, 1.82) is 0 Å². The fraction of sp³-hybridized carbons (Fsp3) is 0.667. The van der Waals surface area contributed by atoms with Gasteiger partial charge in [-0.3, -0.25) is 14.3 Å². The zero-order chi connectivity index (χ0) is 13.7. The van der Waals surface area contributed by atoms with Crippen molar-refractivity contribution in [3.05, 3.63) is 31.6 Å². The summed E-state index contributed by atoms with van der Waals surface area (Å²) in [5.41, 5.74) is -0.516. The van der Waals surface area contributed by atoms with Gasteiger partial charge in [-0.1, -0.05) is 25.4 Å². The molecule has 0 bridgehead atoms. The molecule has 1 aromatic rings. The zero-order valence-corrected chi connectivity index (χ0v) is 11.7. The number of aromatic amines is 1. The fourth-order valence-electron chi connectivity index (χ4n) is 1.42. The monoisotopic (exact) mass is 274 g/mol. The van der Waals surface area contributed by atoms with Crippen molar-refractivity contribution < 1.29 is 4.74 Å². The number of rotatable bonds is 6. The van der Waals surface area contributed by atoms with Crippen molar-refractivity contribution in [2.75, 3.05) is 13.2 Å². The summed E-state index contributed by atoms with van der Waals surface area (Å²) in [7, 11) is 0. The first-order valence-electron chi connectivity index (χ1n) is 6.00. The van der Waals surface area contributed by atoms with Crippen LogP contribution in [0.3, 0.4) is 0 Å². The summed E-state index contributed by atoms with van der Waals surface area (Å²) in [4.78, 5) is 25.8. The number of hydrogen-bond donors (Lipinski definition) is 1. The number of nitrogens with one attached hydrogen (secondary N) is 1. The van der Waals surface area contributed by atoms with E-state index in [-0.39, 0.29) is 17.3 Å². The Morgan fingerprint density at radius 1 is 1.33 bits per heavy atom. The molecule has 6 heteroatoms. The smallest absolute Gasteiger partial charge is 0.329 e. The van der Waals surface area contributed by atoms with Crippen molar-refractivity contribution in [1.82, 2.24) is 9.55 Å². The largest absolute Gasteiger partial charge is 0.380 e. The van der Waals surface area contributed by atoms with Crippen LogP contribution >= 0.6 is 11.6 Å². The average molecular weight is 275 g/mol. The Hall–Kier alpha value is -1.07. The SMILES string of the molecule is Cc1c(Cl)[nH]c(=O)n(CCOCCC(C)C)c1=O. The van der Waals surface area contributed by atoms with Gasteiger partial charge in [-0.05, 0) is 19.3 Å². The van der Waals surface area contributed by atoms with E-state index in [2.05, 4.69) is 18.8 Å². The highest BCUT2D eigenvalue weighted by Crippen LogP contribution is 2.02. The van der Waals surface area contributed by atoms with E-state index >= 15 is 0 Å². The molecule has 0 aromatic carbocycles. The second-order valence-electron chi connectivity index (χ2n) is 4.62. The average Bonchev–Trinajstić information content (AvgIpc) is 2.29. The third kappa shape index (κ3) is 3.99. The quantitative estimate of drug-likeness (QED) is 0.632. The summed E-state index contributed by atoms with van der Waals surface area (Å²) in [6.07, 6.45) is 0.963. The van der Waals surface area contributed by atoms with Crippen LogP contribution < -0.4 is 11.2 Å². The molecule has 0 unspecified atom stereocenters. The van der Waals surface area contributed by atoms with E-state index in [9.17, 15) is 9.59 Å². The molecule has 0 saturated heterocycles. The maximum absolute atomic E-state index is 11.8. The van der Waals surface area contributed by atoms with E-state index in [0.717, 1.165) is 11.0 Å². The van der Waals surface area contributed by atoms with Gasteiger partial charge in [0.1, 0.15) is 5.15 Å². The second kappa shape index (κ2) is 6.75. The summed E-state index contributed by atoms with van der Waals surface area (Å²) in [6.45, 7) is 7.02. The molecule has 0 spiro atoms. The van der Waals surface area contributed by atoms with Gasteiger partial charge in [0.05, 0.1) is 13.2 Å². The second-order valence-corrected chi connectivity index (χ2v) is 5.00. The first-order chi connectivity index (χ1) is 8.43. The molecule has 102 valence electrons. The molecule has 1 N–H and O–H groups in total. The molecule has 0 aliphatic rings. The highest BCUT2D eigenvalue weighted by atomic mass is 35.5. The molecule has 5 nitrogen and oxygen atoms in total. The number of ether oxygens (including phenoxy) is 1. The van der Waals surface area contributed by atoms with E-state index in [1.165, 1.54) is 0 Å². The fourth-order valence-corrected chi connectivity index (χ4v) is 1.59. The molecule has 1 rings (SSSR count). The molecule has 0 aliphatic carbocycles. The Morgan fingerprint density at radius 3 is 2.61 bits per heavy atom. The lowest BCUT2D eigenvalue weighted by Crippen LogP contribution is -2.37. The predicted octanol–water partition coefficient (Wildman–Crippen LogP) is 1.56. The molecule has 0 fully saturated rings. The lowest BCUT2D eigenvalue weighted by Gasteiger charge is -2.08. The third-order valence-electron chi connectivity index (χ3n) is 2.66. The van der Waals surface area contributed by atoms with Gasteiger partial charge in [0, 0.05) is 12.2 Å². The highest BCUT2D eigenvalue weighted by molar-refractivity contribution is 6.30. The van der Waals surface area contributed by atoms with Gasteiger partial charge in [0.15, 0.2) is 0 Å². The van der Waals surface area contributed by atoms with E-state index in [1.54, 1.807) is 6.92 Å². The molecule has 0 radical (unpaired) electrons. The topological polar surface area (TPSA) is 64.1 Å². The standard InChI is InChI=1S/C12H19ClN2O3/c1-8(2)4-6-18-7-5-15-11(16)9(3)10(13)14-12(15)17/h8H,4-7H2,1-3H3,(H,14,17). The highest BCUT2D eigenvalue weighted by Gasteiger charge is 2.08. The van der Waals surface area contributed by atoms with Crippen molar-refractivity contribution in [2.45, 2.75) is 33.7 Å². The van der Waals surface area contributed by atoms with Gasteiger partial charge < -0.3 is 4.74 Å². The van der Waals surface area contributed by atoms with Crippen LogP contribution in [0.5, 0.6) is 0 Å². The molecular formula is C12H19ClN2O3. The lowest BCUT2D eigenvalue weighted by atomic mass is 10.1. The first kappa shape index (κ1) is 15.0. The van der Waals surface area contributed by atoms with Crippen LogP contribution in [-0.4, -0.2) is 22.8 Å². The van der Waals surface area contributed by atoms with Crippen LogP contribution in [0.1, 0.15) is 25.8 Å². The summed E-state index contributed by atoms with van der Waals surface area (Å²) in [6, 6.07) is 0. The maximum Gasteiger partial charge on any atom is 0.329 e. The van der Waals surface area contributed by atoms with Crippen LogP contribution in [0.15, 0.2) is 9.59 Å². The minimum atomic E-state index is -0.497. The molecule has 0 saturated carbocycles. The maximum atomic E-state index is 11.8.